The quantitative estimate of drug-likeness (QED) is 0.679. The van der Waals surface area contributed by atoms with Crippen molar-refractivity contribution in [3.63, 3.8) is 0 Å². The smallest absolute Gasteiger partial charge is 0.338 e. The summed E-state index contributed by atoms with van der Waals surface area (Å²) in [5.41, 5.74) is -1.22. The summed E-state index contributed by atoms with van der Waals surface area (Å²) >= 11 is 0. The van der Waals surface area contributed by atoms with E-state index in [1.165, 1.54) is 4.90 Å². The molecule has 7 nitrogen and oxygen atoms in total. The van der Waals surface area contributed by atoms with Crippen molar-refractivity contribution in [1.29, 1.82) is 5.26 Å². The van der Waals surface area contributed by atoms with Crippen LogP contribution in [0.25, 0.3) is 0 Å². The van der Waals surface area contributed by atoms with Crippen LogP contribution in [0.2, 0.25) is 0 Å². The molecule has 5 atom stereocenters. The maximum atomic E-state index is 13.3. The third-order valence-electron chi connectivity index (χ3n) is 6.51. The zero-order valence-electron chi connectivity index (χ0n) is 18.9. The Balaban J connectivity index is 2.33. The van der Waals surface area contributed by atoms with E-state index in [0.717, 1.165) is 0 Å². The van der Waals surface area contributed by atoms with Gasteiger partial charge in [-0.05, 0) is 28.6 Å². The Kier molecular flexibility index (Phi) is 6.43. The Labute approximate surface area is 180 Å². The van der Waals surface area contributed by atoms with Crippen molar-refractivity contribution in [2.24, 2.45) is 28.6 Å². The van der Waals surface area contributed by atoms with Crippen molar-refractivity contribution >= 4 is 17.7 Å². The Bertz CT molecular complexity index is 795. The van der Waals surface area contributed by atoms with Crippen molar-refractivity contribution in [2.75, 3.05) is 6.54 Å². The third-order valence-corrected chi connectivity index (χ3v) is 6.51. The van der Waals surface area contributed by atoms with Crippen LogP contribution >= 0.6 is 0 Å². The average molecular weight is 444 g/mol. The molecule has 1 aliphatic carbocycles. The molecule has 3 amide bonds. The first-order valence-corrected chi connectivity index (χ1v) is 10.3. The number of carbonyl (C=O) groups excluding carboxylic acids is 3. The Morgan fingerprint density at radius 3 is 2.10 bits per heavy atom. The number of amides is 3. The summed E-state index contributed by atoms with van der Waals surface area (Å²) in [7, 11) is 0. The molecular formula is C21H31F3N4O3. The van der Waals surface area contributed by atoms with Crippen molar-refractivity contribution in [3.8, 4) is 6.07 Å². The van der Waals surface area contributed by atoms with Gasteiger partial charge in [-0.2, -0.15) is 18.4 Å². The van der Waals surface area contributed by atoms with Gasteiger partial charge in [0.25, 0.3) is 0 Å². The molecule has 1 saturated carbocycles. The predicted molar refractivity (Wildman–Crippen MR) is 106 cm³/mol. The molecule has 0 unspecified atom stereocenters. The van der Waals surface area contributed by atoms with Crippen LogP contribution in [-0.4, -0.2) is 53.5 Å². The topological polar surface area (TPSA) is 102 Å². The number of nitrogens with zero attached hydrogens (tertiary/aromatic N) is 2. The number of alkyl halides is 3. The van der Waals surface area contributed by atoms with E-state index >= 15 is 0 Å². The molecule has 0 aromatic rings. The fraction of sp³-hybridized carbons (Fsp3) is 0.810. The van der Waals surface area contributed by atoms with Crippen LogP contribution < -0.4 is 10.6 Å². The molecule has 1 saturated heterocycles. The van der Waals surface area contributed by atoms with Crippen LogP contribution in [0.3, 0.4) is 0 Å². The van der Waals surface area contributed by atoms with Crippen molar-refractivity contribution in [3.05, 3.63) is 0 Å². The number of carbonyl (C=O) groups is 3. The van der Waals surface area contributed by atoms with E-state index in [9.17, 15) is 32.8 Å². The highest BCUT2D eigenvalue weighted by molar-refractivity contribution is 5.95. The molecule has 0 spiro atoms. The highest BCUT2D eigenvalue weighted by Crippen LogP contribution is 2.65. The summed E-state index contributed by atoms with van der Waals surface area (Å²) in [6.07, 6.45) is -5.13. The predicted octanol–water partition coefficient (Wildman–Crippen LogP) is 2.23. The molecule has 0 aromatic heterocycles. The SMILES string of the molecule is CC(C)[C@@H](C#N)NC(=O)[C@@H]1[C@@H]2[C@H](CN1C(=O)[C@@H](NC(=O)C(F)(F)F)C(C)(C)C)C2(C)C. The molecule has 2 rings (SSSR count). The average Bonchev–Trinajstić information content (AvgIpc) is 2.97. The van der Waals surface area contributed by atoms with Gasteiger partial charge >= 0.3 is 12.1 Å². The number of piperidine rings is 1. The summed E-state index contributed by atoms with van der Waals surface area (Å²) in [6.45, 7) is 12.4. The highest BCUT2D eigenvalue weighted by atomic mass is 19.4. The molecule has 174 valence electrons. The molecule has 31 heavy (non-hydrogen) atoms. The molecule has 1 aliphatic heterocycles. The first-order valence-electron chi connectivity index (χ1n) is 10.3. The number of hydrogen-bond donors (Lipinski definition) is 2. The molecule has 2 N–H and O–H groups in total. The van der Waals surface area contributed by atoms with Gasteiger partial charge in [0, 0.05) is 6.54 Å². The van der Waals surface area contributed by atoms with Gasteiger partial charge < -0.3 is 15.5 Å². The van der Waals surface area contributed by atoms with E-state index in [4.69, 9.17) is 0 Å². The van der Waals surface area contributed by atoms with Gasteiger partial charge in [-0.1, -0.05) is 48.5 Å². The Hall–Kier alpha value is -2.31. The Morgan fingerprint density at radius 1 is 1.13 bits per heavy atom. The second-order valence-electron chi connectivity index (χ2n) is 10.5. The lowest BCUT2D eigenvalue weighted by atomic mass is 9.85. The maximum Gasteiger partial charge on any atom is 0.471 e. The Morgan fingerprint density at radius 2 is 1.68 bits per heavy atom. The number of nitriles is 1. The lowest BCUT2D eigenvalue weighted by molar-refractivity contribution is -0.176. The summed E-state index contributed by atoms with van der Waals surface area (Å²) < 4.78 is 38.5. The molecule has 0 bridgehead atoms. The minimum Gasteiger partial charge on any atom is -0.338 e. The normalized spacial score (nSPS) is 26.5. The summed E-state index contributed by atoms with van der Waals surface area (Å²) in [6, 6.07) is -1.11. The molecule has 0 aromatic carbocycles. The standard InChI is InChI=1S/C21H31F3N4O3/c1-10(2)12(8-25)26-16(29)14-13-11(20(13,6)7)9-28(14)17(30)15(19(3,4)5)27-18(31)21(22,23)24/h10-15H,9H2,1-7H3,(H,26,29)(H,27,31)/t11-,12+,13-,14-,15+/m0/s1. The van der Waals surface area contributed by atoms with Gasteiger partial charge in [0.05, 0.1) is 6.07 Å². The lowest BCUT2D eigenvalue weighted by Gasteiger charge is -2.38. The molecule has 2 aliphatic rings. The number of halogens is 3. The molecule has 10 heteroatoms. The number of nitrogens with one attached hydrogen (secondary N) is 2. The number of hydrogen-bond acceptors (Lipinski definition) is 4. The van der Waals surface area contributed by atoms with Gasteiger partial charge in [-0.15, -0.1) is 0 Å². The zero-order valence-corrected chi connectivity index (χ0v) is 18.9. The second kappa shape index (κ2) is 7.99. The minimum atomic E-state index is -5.13. The van der Waals surface area contributed by atoms with E-state index in [-0.39, 0.29) is 29.7 Å². The first kappa shape index (κ1) is 25.0. The summed E-state index contributed by atoms with van der Waals surface area (Å²) in [5.74, 6) is -3.73. The lowest BCUT2D eigenvalue weighted by Crippen LogP contribution is -2.61. The number of fused-ring (bicyclic) bond motifs is 1. The van der Waals surface area contributed by atoms with E-state index < -0.39 is 47.4 Å². The fourth-order valence-corrected chi connectivity index (χ4v) is 4.43. The monoisotopic (exact) mass is 444 g/mol. The molecule has 1 heterocycles. The molecule has 2 fully saturated rings. The zero-order chi connectivity index (χ0) is 24.1. The number of likely N-dealkylation sites (tertiary alicyclic amines) is 1. The third kappa shape index (κ3) is 4.80. The minimum absolute atomic E-state index is 0.0192. The van der Waals surface area contributed by atoms with Crippen LogP contribution in [0.5, 0.6) is 0 Å². The first-order chi connectivity index (χ1) is 13.9. The maximum absolute atomic E-state index is 13.3. The van der Waals surface area contributed by atoms with Crippen molar-refractivity contribution < 1.29 is 27.6 Å². The van der Waals surface area contributed by atoms with Crippen LogP contribution in [-0.2, 0) is 14.4 Å². The fourth-order valence-electron chi connectivity index (χ4n) is 4.43. The van der Waals surface area contributed by atoms with Gasteiger partial charge in [-0.3, -0.25) is 14.4 Å². The highest BCUT2D eigenvalue weighted by Gasteiger charge is 2.70. The van der Waals surface area contributed by atoms with E-state index in [2.05, 4.69) is 5.32 Å². The van der Waals surface area contributed by atoms with Gasteiger partial charge in [0.15, 0.2) is 0 Å². The second-order valence-corrected chi connectivity index (χ2v) is 10.5. The van der Waals surface area contributed by atoms with Crippen LogP contribution in [0.15, 0.2) is 0 Å². The summed E-state index contributed by atoms with van der Waals surface area (Å²) in [4.78, 5) is 39.3. The van der Waals surface area contributed by atoms with E-state index in [1.807, 2.05) is 25.2 Å². The summed E-state index contributed by atoms with van der Waals surface area (Å²) in [5, 5.41) is 13.8. The van der Waals surface area contributed by atoms with E-state index in [0.29, 0.717) is 0 Å². The van der Waals surface area contributed by atoms with Crippen LogP contribution in [0, 0.1) is 39.9 Å². The molecular weight excluding hydrogens is 413 g/mol. The largest absolute Gasteiger partial charge is 0.471 e. The van der Waals surface area contributed by atoms with Gasteiger partial charge in [-0.25, -0.2) is 0 Å². The van der Waals surface area contributed by atoms with Crippen molar-refractivity contribution in [1.82, 2.24) is 15.5 Å². The van der Waals surface area contributed by atoms with E-state index in [1.54, 1.807) is 34.6 Å². The van der Waals surface area contributed by atoms with Crippen LogP contribution in [0.4, 0.5) is 13.2 Å². The number of rotatable bonds is 5. The van der Waals surface area contributed by atoms with Crippen LogP contribution in [0.1, 0.15) is 48.5 Å². The van der Waals surface area contributed by atoms with Crippen molar-refractivity contribution in [2.45, 2.75) is 72.8 Å². The van der Waals surface area contributed by atoms with Gasteiger partial charge in [0.1, 0.15) is 18.1 Å². The van der Waals surface area contributed by atoms with Gasteiger partial charge in [0.2, 0.25) is 11.8 Å². The molecule has 0 radical (unpaired) electrons.